The van der Waals surface area contributed by atoms with E-state index < -0.39 is 36.1 Å². The van der Waals surface area contributed by atoms with Gasteiger partial charge < -0.3 is 9.84 Å². The molecule has 0 saturated heterocycles. The van der Waals surface area contributed by atoms with E-state index in [0.717, 1.165) is 6.07 Å². The van der Waals surface area contributed by atoms with Crippen LogP contribution in [0.15, 0.2) is 12.1 Å². The molecule has 0 saturated carbocycles. The van der Waals surface area contributed by atoms with E-state index in [1.807, 2.05) is 0 Å². The van der Waals surface area contributed by atoms with Gasteiger partial charge in [-0.25, -0.2) is 4.39 Å². The number of nitriles is 1. The van der Waals surface area contributed by atoms with E-state index in [1.165, 1.54) is 6.07 Å². The molecule has 0 radical (unpaired) electrons. The highest BCUT2D eigenvalue weighted by Gasteiger charge is 2.15. The highest BCUT2D eigenvalue weighted by molar-refractivity contribution is 5.71. The first kappa shape index (κ1) is 12.8. The van der Waals surface area contributed by atoms with Gasteiger partial charge in [0, 0.05) is 6.07 Å². The molecule has 0 amide bonds. The van der Waals surface area contributed by atoms with Crippen molar-refractivity contribution in [2.24, 2.45) is 0 Å². The third-order valence-electron chi connectivity index (χ3n) is 1.82. The molecule has 7 heteroatoms. The lowest BCUT2D eigenvalue weighted by molar-refractivity contribution is -0.136. The number of ether oxygens (including phenoxy) is 1. The molecular formula is C10H6F3NO3. The molecule has 1 N–H and O–H groups in total. The first-order chi connectivity index (χ1) is 7.93. The highest BCUT2D eigenvalue weighted by atomic mass is 19.3. The van der Waals surface area contributed by atoms with Crippen LogP contribution in [0.1, 0.15) is 11.1 Å². The molecule has 0 atom stereocenters. The molecule has 0 spiro atoms. The van der Waals surface area contributed by atoms with Crippen molar-refractivity contribution in [3.8, 4) is 11.8 Å². The van der Waals surface area contributed by atoms with Crippen molar-refractivity contribution < 1.29 is 27.8 Å². The Morgan fingerprint density at radius 2 is 2.18 bits per heavy atom. The zero-order chi connectivity index (χ0) is 13.0. The number of carboxylic acid groups (broad SMARTS) is 1. The van der Waals surface area contributed by atoms with Crippen molar-refractivity contribution in [1.29, 1.82) is 5.26 Å². The molecule has 0 bridgehead atoms. The van der Waals surface area contributed by atoms with E-state index in [0.29, 0.717) is 6.07 Å². The predicted molar refractivity (Wildman–Crippen MR) is 49.1 cm³/mol. The van der Waals surface area contributed by atoms with Crippen molar-refractivity contribution in [2.75, 3.05) is 0 Å². The van der Waals surface area contributed by atoms with Crippen LogP contribution in [0.3, 0.4) is 0 Å². The fraction of sp³-hybridized carbons (Fsp3) is 0.200. The number of hydrogen-bond donors (Lipinski definition) is 1. The van der Waals surface area contributed by atoms with E-state index in [4.69, 9.17) is 10.4 Å². The number of hydrogen-bond acceptors (Lipinski definition) is 3. The molecule has 0 aliphatic rings. The molecule has 1 rings (SSSR count). The summed E-state index contributed by atoms with van der Waals surface area (Å²) in [5.41, 5.74) is -0.704. The van der Waals surface area contributed by atoms with Crippen LogP contribution in [0.4, 0.5) is 13.2 Å². The number of halogens is 3. The number of rotatable bonds is 4. The van der Waals surface area contributed by atoms with Gasteiger partial charge in [0.1, 0.15) is 17.6 Å². The van der Waals surface area contributed by atoms with Crippen LogP contribution in [0.2, 0.25) is 0 Å². The topological polar surface area (TPSA) is 70.3 Å². The van der Waals surface area contributed by atoms with E-state index >= 15 is 0 Å². The van der Waals surface area contributed by atoms with Gasteiger partial charge in [0.15, 0.2) is 0 Å². The Kier molecular flexibility index (Phi) is 3.93. The molecule has 0 aromatic heterocycles. The number of carboxylic acids is 1. The summed E-state index contributed by atoms with van der Waals surface area (Å²) in [6, 6.07) is 2.98. The van der Waals surface area contributed by atoms with Gasteiger partial charge in [-0.05, 0) is 11.6 Å². The summed E-state index contributed by atoms with van der Waals surface area (Å²) in [6.45, 7) is -3.15. The Morgan fingerprint density at radius 3 is 2.65 bits per heavy atom. The second kappa shape index (κ2) is 5.21. The summed E-state index contributed by atoms with van der Waals surface area (Å²) >= 11 is 0. The lowest BCUT2D eigenvalue weighted by Crippen LogP contribution is -2.07. The van der Waals surface area contributed by atoms with Gasteiger partial charge in [-0.2, -0.15) is 14.0 Å². The molecule has 0 heterocycles. The van der Waals surface area contributed by atoms with Gasteiger partial charge in [0.25, 0.3) is 0 Å². The van der Waals surface area contributed by atoms with Crippen LogP contribution in [-0.2, 0) is 11.2 Å². The summed E-state index contributed by atoms with van der Waals surface area (Å²) in [5, 5.41) is 17.1. The molecule has 4 nitrogen and oxygen atoms in total. The van der Waals surface area contributed by atoms with Crippen molar-refractivity contribution in [1.82, 2.24) is 0 Å². The summed E-state index contributed by atoms with van der Waals surface area (Å²) < 4.78 is 41.0. The molecule has 1 aromatic carbocycles. The molecule has 0 fully saturated rings. The van der Waals surface area contributed by atoms with Gasteiger partial charge in [-0.3, -0.25) is 4.79 Å². The van der Waals surface area contributed by atoms with E-state index in [9.17, 15) is 18.0 Å². The van der Waals surface area contributed by atoms with E-state index in [2.05, 4.69) is 4.74 Å². The Hall–Kier alpha value is -2.23. The monoisotopic (exact) mass is 245 g/mol. The SMILES string of the molecule is N#Cc1c(F)cc(OC(F)F)cc1CC(=O)O. The van der Waals surface area contributed by atoms with Crippen LogP contribution >= 0.6 is 0 Å². The molecule has 1 aromatic rings. The second-order valence-corrected chi connectivity index (χ2v) is 3.00. The molecule has 0 aliphatic carbocycles. The van der Waals surface area contributed by atoms with Crippen molar-refractivity contribution in [3.05, 3.63) is 29.1 Å². The summed E-state index contributed by atoms with van der Waals surface area (Å²) in [5.74, 6) is -2.93. The lowest BCUT2D eigenvalue weighted by Gasteiger charge is -2.08. The van der Waals surface area contributed by atoms with Crippen molar-refractivity contribution in [3.63, 3.8) is 0 Å². The maximum Gasteiger partial charge on any atom is 0.387 e. The standard InChI is InChI=1S/C10H6F3NO3/c11-8-3-6(17-10(12)13)1-5(2-9(15)16)7(8)4-14/h1,3,10H,2H2,(H,15,16). The van der Waals surface area contributed by atoms with Crippen LogP contribution < -0.4 is 4.74 Å². The highest BCUT2D eigenvalue weighted by Crippen LogP contribution is 2.23. The number of carbonyl (C=O) groups is 1. The van der Waals surface area contributed by atoms with E-state index in [1.54, 1.807) is 0 Å². The molecular weight excluding hydrogens is 239 g/mol. The predicted octanol–water partition coefficient (Wildman–Crippen LogP) is 1.93. The fourth-order valence-electron chi connectivity index (χ4n) is 1.23. The summed E-state index contributed by atoms with van der Waals surface area (Å²) in [6.07, 6.45) is -0.653. The largest absolute Gasteiger partial charge is 0.481 e. The van der Waals surface area contributed by atoms with Gasteiger partial charge in [0.05, 0.1) is 12.0 Å². The second-order valence-electron chi connectivity index (χ2n) is 3.00. The molecule has 0 aliphatic heterocycles. The maximum absolute atomic E-state index is 13.3. The number of alkyl halides is 2. The van der Waals surface area contributed by atoms with Gasteiger partial charge >= 0.3 is 12.6 Å². The van der Waals surface area contributed by atoms with Gasteiger partial charge in [-0.1, -0.05) is 0 Å². The Morgan fingerprint density at radius 1 is 1.53 bits per heavy atom. The zero-order valence-electron chi connectivity index (χ0n) is 8.28. The summed E-state index contributed by atoms with van der Waals surface area (Å²) in [7, 11) is 0. The minimum absolute atomic E-state index is 0.212. The zero-order valence-corrected chi connectivity index (χ0v) is 8.28. The smallest absolute Gasteiger partial charge is 0.387 e. The fourth-order valence-corrected chi connectivity index (χ4v) is 1.23. The minimum Gasteiger partial charge on any atom is -0.481 e. The van der Waals surface area contributed by atoms with Crippen LogP contribution in [0.5, 0.6) is 5.75 Å². The maximum atomic E-state index is 13.3. The Balaban J connectivity index is 3.19. The minimum atomic E-state index is -3.15. The number of aliphatic carboxylic acids is 1. The molecule has 90 valence electrons. The third kappa shape index (κ3) is 3.38. The summed E-state index contributed by atoms with van der Waals surface area (Å²) in [4.78, 5) is 10.5. The van der Waals surface area contributed by atoms with Crippen molar-refractivity contribution in [2.45, 2.75) is 13.0 Å². The van der Waals surface area contributed by atoms with E-state index in [-0.39, 0.29) is 5.56 Å². The number of nitrogens with zero attached hydrogens (tertiary/aromatic N) is 1. The molecule has 17 heavy (non-hydrogen) atoms. The van der Waals surface area contributed by atoms with Crippen LogP contribution in [0, 0.1) is 17.1 Å². The molecule has 0 unspecified atom stereocenters. The third-order valence-corrected chi connectivity index (χ3v) is 1.82. The average Bonchev–Trinajstić information content (AvgIpc) is 2.14. The number of benzene rings is 1. The Bertz CT molecular complexity index is 482. The van der Waals surface area contributed by atoms with Crippen molar-refractivity contribution >= 4 is 5.97 Å². The van der Waals surface area contributed by atoms with Crippen LogP contribution in [-0.4, -0.2) is 17.7 Å². The lowest BCUT2D eigenvalue weighted by atomic mass is 10.0. The van der Waals surface area contributed by atoms with Gasteiger partial charge in [-0.15, -0.1) is 0 Å². The van der Waals surface area contributed by atoms with Crippen LogP contribution in [0.25, 0.3) is 0 Å². The first-order valence-electron chi connectivity index (χ1n) is 4.33. The quantitative estimate of drug-likeness (QED) is 0.879. The average molecular weight is 245 g/mol. The Labute approximate surface area is 93.8 Å². The first-order valence-corrected chi connectivity index (χ1v) is 4.33. The van der Waals surface area contributed by atoms with Gasteiger partial charge in [0.2, 0.25) is 0 Å². The normalized spacial score (nSPS) is 10.1.